The van der Waals surface area contributed by atoms with Crippen LogP contribution in [0.1, 0.15) is 12.8 Å². The van der Waals surface area contributed by atoms with Gasteiger partial charge in [0.05, 0.1) is 19.3 Å². The molecule has 0 aromatic heterocycles. The molecule has 0 aliphatic carbocycles. The van der Waals surface area contributed by atoms with Crippen molar-refractivity contribution in [1.29, 1.82) is 0 Å². The minimum atomic E-state index is 0.325. The van der Waals surface area contributed by atoms with E-state index in [4.69, 9.17) is 9.47 Å². The molecule has 18 heavy (non-hydrogen) atoms. The minimum absolute atomic E-state index is 0.325. The monoisotopic (exact) mass is 251 g/mol. The van der Waals surface area contributed by atoms with Crippen LogP contribution in [0.4, 0.5) is 5.69 Å². The first-order valence-corrected chi connectivity index (χ1v) is 6.44. The number of methoxy groups -OCH3 is 1. The van der Waals surface area contributed by atoms with Crippen LogP contribution < -0.4 is 4.90 Å². The zero-order valence-electron chi connectivity index (χ0n) is 10.8. The van der Waals surface area contributed by atoms with E-state index in [9.17, 15) is 5.11 Å². The maximum Gasteiger partial charge on any atom is 0.117 e. The van der Waals surface area contributed by atoms with Crippen LogP contribution >= 0.6 is 0 Å². The average molecular weight is 251 g/mol. The van der Waals surface area contributed by atoms with E-state index in [1.807, 2.05) is 18.2 Å². The molecule has 1 aromatic rings. The van der Waals surface area contributed by atoms with Gasteiger partial charge in [-0.15, -0.1) is 0 Å². The number of benzene rings is 1. The average Bonchev–Trinajstić information content (AvgIpc) is 2.40. The van der Waals surface area contributed by atoms with Crippen LogP contribution in [0.15, 0.2) is 24.3 Å². The molecule has 0 unspecified atom stereocenters. The predicted molar refractivity (Wildman–Crippen MR) is 71.2 cm³/mol. The molecule has 0 bridgehead atoms. The second-order valence-electron chi connectivity index (χ2n) is 4.57. The van der Waals surface area contributed by atoms with Crippen molar-refractivity contribution >= 4 is 5.69 Å². The molecule has 1 heterocycles. The molecule has 0 spiro atoms. The molecular formula is C14H21NO3. The maximum absolute atomic E-state index is 9.47. The lowest BCUT2D eigenvalue weighted by Gasteiger charge is -2.33. The normalized spacial score (nSPS) is 17.1. The largest absolute Gasteiger partial charge is 0.508 e. The lowest BCUT2D eigenvalue weighted by molar-refractivity contribution is 0.00610. The first-order valence-electron chi connectivity index (χ1n) is 6.44. The van der Waals surface area contributed by atoms with Gasteiger partial charge in [0.2, 0.25) is 0 Å². The number of hydrogen-bond donors (Lipinski definition) is 1. The number of aromatic hydroxyl groups is 1. The highest BCUT2D eigenvalue weighted by atomic mass is 16.5. The Balaban J connectivity index is 1.79. The van der Waals surface area contributed by atoms with Crippen molar-refractivity contribution in [1.82, 2.24) is 0 Å². The molecule has 1 aliphatic heterocycles. The number of piperidine rings is 1. The standard InChI is InChI=1S/C14H21NO3/c1-17-9-10-18-14-5-7-15(8-6-14)12-3-2-4-13(16)11-12/h2-4,11,14,16H,5-10H2,1H3. The molecule has 0 amide bonds. The van der Waals surface area contributed by atoms with Crippen LogP contribution in [-0.2, 0) is 9.47 Å². The van der Waals surface area contributed by atoms with Gasteiger partial charge in [-0.25, -0.2) is 0 Å². The van der Waals surface area contributed by atoms with Crippen LogP contribution in [0.3, 0.4) is 0 Å². The summed E-state index contributed by atoms with van der Waals surface area (Å²) in [5, 5.41) is 9.47. The summed E-state index contributed by atoms with van der Waals surface area (Å²) in [5.74, 6) is 0.325. The Bertz CT molecular complexity index is 362. The molecule has 0 atom stereocenters. The van der Waals surface area contributed by atoms with Crippen molar-refractivity contribution in [3.8, 4) is 5.75 Å². The molecule has 0 saturated carbocycles. The van der Waals surface area contributed by atoms with Gasteiger partial charge in [0.15, 0.2) is 0 Å². The van der Waals surface area contributed by atoms with Crippen molar-refractivity contribution in [2.24, 2.45) is 0 Å². The molecule has 100 valence electrons. The lowest BCUT2D eigenvalue weighted by atomic mass is 10.1. The number of nitrogens with zero attached hydrogens (tertiary/aromatic N) is 1. The molecule has 4 nitrogen and oxygen atoms in total. The number of phenols is 1. The van der Waals surface area contributed by atoms with Gasteiger partial charge in [-0.05, 0) is 25.0 Å². The van der Waals surface area contributed by atoms with E-state index in [1.54, 1.807) is 13.2 Å². The lowest BCUT2D eigenvalue weighted by Crippen LogP contribution is -2.37. The maximum atomic E-state index is 9.47. The van der Waals surface area contributed by atoms with Gasteiger partial charge in [-0.1, -0.05) is 6.07 Å². The Hall–Kier alpha value is -1.26. The minimum Gasteiger partial charge on any atom is -0.508 e. The Kier molecular flexibility index (Phi) is 4.84. The highest BCUT2D eigenvalue weighted by molar-refractivity contribution is 5.50. The Morgan fingerprint density at radius 1 is 1.28 bits per heavy atom. The second kappa shape index (κ2) is 6.61. The van der Waals surface area contributed by atoms with Gasteiger partial charge in [-0.3, -0.25) is 0 Å². The van der Waals surface area contributed by atoms with Crippen molar-refractivity contribution in [3.63, 3.8) is 0 Å². The van der Waals surface area contributed by atoms with Crippen molar-refractivity contribution in [3.05, 3.63) is 24.3 Å². The van der Waals surface area contributed by atoms with E-state index in [-0.39, 0.29) is 0 Å². The zero-order valence-corrected chi connectivity index (χ0v) is 10.8. The van der Waals surface area contributed by atoms with Crippen molar-refractivity contribution in [2.45, 2.75) is 18.9 Å². The Labute approximate surface area is 108 Å². The molecule has 1 aliphatic rings. The van der Waals surface area contributed by atoms with E-state index in [2.05, 4.69) is 4.90 Å². The van der Waals surface area contributed by atoms with E-state index in [1.165, 1.54) is 0 Å². The molecule has 1 N–H and O–H groups in total. The fourth-order valence-electron chi connectivity index (χ4n) is 2.27. The molecule has 1 fully saturated rings. The van der Waals surface area contributed by atoms with Crippen LogP contribution in [0.2, 0.25) is 0 Å². The highest BCUT2D eigenvalue weighted by Gasteiger charge is 2.19. The summed E-state index contributed by atoms with van der Waals surface area (Å²) >= 11 is 0. The van der Waals surface area contributed by atoms with Crippen molar-refractivity contribution in [2.75, 3.05) is 38.3 Å². The number of phenolic OH excluding ortho intramolecular Hbond substituents is 1. The van der Waals surface area contributed by atoms with Gasteiger partial charge in [0.1, 0.15) is 5.75 Å². The number of rotatable bonds is 5. The van der Waals surface area contributed by atoms with Gasteiger partial charge < -0.3 is 19.5 Å². The van der Waals surface area contributed by atoms with Gasteiger partial charge in [-0.2, -0.15) is 0 Å². The fourth-order valence-corrected chi connectivity index (χ4v) is 2.27. The van der Waals surface area contributed by atoms with Crippen LogP contribution in [0, 0.1) is 0 Å². The predicted octanol–water partition coefficient (Wildman–Crippen LogP) is 2.02. The van der Waals surface area contributed by atoms with E-state index in [0.29, 0.717) is 25.1 Å². The smallest absolute Gasteiger partial charge is 0.117 e. The molecule has 0 radical (unpaired) electrons. The fraction of sp³-hybridized carbons (Fsp3) is 0.571. The highest BCUT2D eigenvalue weighted by Crippen LogP contribution is 2.24. The molecule has 4 heteroatoms. The van der Waals surface area contributed by atoms with Gasteiger partial charge in [0.25, 0.3) is 0 Å². The molecule has 1 saturated heterocycles. The van der Waals surface area contributed by atoms with Crippen molar-refractivity contribution < 1.29 is 14.6 Å². The summed E-state index contributed by atoms with van der Waals surface area (Å²) in [6, 6.07) is 7.42. The van der Waals surface area contributed by atoms with Gasteiger partial charge >= 0.3 is 0 Å². The number of anilines is 1. The summed E-state index contributed by atoms with van der Waals surface area (Å²) in [7, 11) is 1.69. The Morgan fingerprint density at radius 2 is 2.06 bits per heavy atom. The van der Waals surface area contributed by atoms with Gasteiger partial charge in [0, 0.05) is 32.0 Å². The third-order valence-corrected chi connectivity index (χ3v) is 3.28. The zero-order chi connectivity index (χ0) is 12.8. The Morgan fingerprint density at radius 3 is 2.72 bits per heavy atom. The summed E-state index contributed by atoms with van der Waals surface area (Å²) < 4.78 is 10.7. The van der Waals surface area contributed by atoms with Crippen LogP contribution in [0.5, 0.6) is 5.75 Å². The summed E-state index contributed by atoms with van der Waals surface area (Å²) in [6.07, 6.45) is 2.40. The first kappa shape index (κ1) is 13.2. The summed E-state index contributed by atoms with van der Waals surface area (Å²) in [6.45, 7) is 3.28. The first-order chi connectivity index (χ1) is 8.79. The number of hydrogen-bond acceptors (Lipinski definition) is 4. The topological polar surface area (TPSA) is 41.9 Å². The molecule has 2 rings (SSSR count). The van der Waals surface area contributed by atoms with Crippen LogP contribution in [0.25, 0.3) is 0 Å². The number of ether oxygens (including phenoxy) is 2. The van der Waals surface area contributed by atoms with E-state index in [0.717, 1.165) is 31.6 Å². The summed E-state index contributed by atoms with van der Waals surface area (Å²) in [4.78, 5) is 2.29. The molecular weight excluding hydrogens is 230 g/mol. The third-order valence-electron chi connectivity index (χ3n) is 3.28. The quantitative estimate of drug-likeness (QED) is 0.813. The molecule has 1 aromatic carbocycles. The second-order valence-corrected chi connectivity index (χ2v) is 4.57. The van der Waals surface area contributed by atoms with E-state index < -0.39 is 0 Å². The summed E-state index contributed by atoms with van der Waals surface area (Å²) in [5.41, 5.74) is 1.09. The van der Waals surface area contributed by atoms with E-state index >= 15 is 0 Å². The van der Waals surface area contributed by atoms with Crippen LogP contribution in [-0.4, -0.2) is 44.6 Å². The SMILES string of the molecule is COCCOC1CCN(c2cccc(O)c2)CC1. The third kappa shape index (κ3) is 3.62.